The lowest BCUT2D eigenvalue weighted by atomic mass is 9.98. The molecule has 2 aromatic carbocycles. The van der Waals surface area contributed by atoms with Crippen LogP contribution in [0.25, 0.3) is 22.0 Å². The Morgan fingerprint density at radius 2 is 1.89 bits per heavy atom. The Balaban J connectivity index is 1.69. The minimum Gasteiger partial charge on any atom is -0.507 e. The monoisotopic (exact) mass is 526 g/mol. The molecule has 1 unspecified atom stereocenters. The van der Waals surface area contributed by atoms with Crippen molar-refractivity contribution in [2.24, 2.45) is 0 Å². The summed E-state index contributed by atoms with van der Waals surface area (Å²) < 4.78 is 40.4. The molecule has 0 bridgehead atoms. The number of rotatable bonds is 8. The van der Waals surface area contributed by atoms with E-state index in [9.17, 15) is 28.2 Å². The molecule has 0 amide bonds. The predicted molar refractivity (Wildman–Crippen MR) is 133 cm³/mol. The second kappa shape index (κ2) is 10.8. The van der Waals surface area contributed by atoms with Crippen LogP contribution >= 0.6 is 23.4 Å². The van der Waals surface area contributed by atoms with E-state index in [0.29, 0.717) is 6.42 Å². The number of aromatic amines is 1. The van der Waals surface area contributed by atoms with E-state index < -0.39 is 23.4 Å². The first-order valence-corrected chi connectivity index (χ1v) is 12.8. The highest BCUT2D eigenvalue weighted by Crippen LogP contribution is 2.42. The Morgan fingerprint density at radius 1 is 1.14 bits per heavy atom. The summed E-state index contributed by atoms with van der Waals surface area (Å²) in [5, 5.41) is 21.5. The lowest BCUT2D eigenvalue weighted by Crippen LogP contribution is -2.22. The van der Waals surface area contributed by atoms with Gasteiger partial charge in [-0.15, -0.1) is 11.8 Å². The highest BCUT2D eigenvalue weighted by Gasteiger charge is 2.31. The molecule has 1 atom stereocenters. The first kappa shape index (κ1) is 25.9. The van der Waals surface area contributed by atoms with Gasteiger partial charge in [-0.2, -0.15) is 13.2 Å². The molecule has 35 heavy (non-hydrogen) atoms. The molecule has 1 aliphatic heterocycles. The number of alkyl halides is 3. The van der Waals surface area contributed by atoms with Gasteiger partial charge in [0.25, 0.3) is 5.56 Å². The van der Waals surface area contributed by atoms with Crippen LogP contribution in [0.1, 0.15) is 31.2 Å². The van der Waals surface area contributed by atoms with Crippen molar-refractivity contribution in [2.45, 2.75) is 42.9 Å². The number of pyridine rings is 1. The van der Waals surface area contributed by atoms with Crippen molar-refractivity contribution >= 4 is 34.3 Å². The summed E-state index contributed by atoms with van der Waals surface area (Å²) in [7, 11) is 0. The van der Waals surface area contributed by atoms with Gasteiger partial charge in [0, 0.05) is 32.8 Å². The van der Waals surface area contributed by atoms with Gasteiger partial charge in [0.15, 0.2) is 0 Å². The first-order valence-electron chi connectivity index (χ1n) is 11.4. The Kier molecular flexibility index (Phi) is 8.00. The lowest BCUT2D eigenvalue weighted by Gasteiger charge is -2.18. The van der Waals surface area contributed by atoms with Gasteiger partial charge in [-0.1, -0.05) is 11.6 Å². The third-order valence-electron chi connectivity index (χ3n) is 6.16. The second-order valence-electron chi connectivity index (χ2n) is 8.73. The highest BCUT2D eigenvalue weighted by atomic mass is 35.5. The van der Waals surface area contributed by atoms with Crippen LogP contribution in [0.2, 0.25) is 5.02 Å². The van der Waals surface area contributed by atoms with Crippen LogP contribution in [0.15, 0.2) is 46.1 Å². The van der Waals surface area contributed by atoms with Gasteiger partial charge in [-0.25, -0.2) is 0 Å². The molecule has 4 rings (SSSR count). The fraction of sp³-hybridized carbons (Fsp3) is 0.400. The average molecular weight is 527 g/mol. The molecular weight excluding hydrogens is 501 g/mol. The first-order chi connectivity index (χ1) is 16.6. The predicted octanol–water partition coefficient (Wildman–Crippen LogP) is 5.90. The number of aromatic hydroxyl groups is 1. The molecule has 3 aromatic rings. The Bertz CT molecular complexity index is 1260. The average Bonchev–Trinajstić information content (AvgIpc) is 3.31. The molecule has 2 heterocycles. The van der Waals surface area contributed by atoms with E-state index in [0.717, 1.165) is 49.9 Å². The summed E-state index contributed by atoms with van der Waals surface area (Å²) in [6.45, 7) is 3.05. The summed E-state index contributed by atoms with van der Waals surface area (Å²) in [6.07, 6.45) is -1.54. The van der Waals surface area contributed by atoms with Gasteiger partial charge in [0.05, 0.1) is 16.6 Å². The second-order valence-corrected chi connectivity index (χ2v) is 10.2. The summed E-state index contributed by atoms with van der Waals surface area (Å²) in [5.41, 5.74) is -0.880. The lowest BCUT2D eigenvalue weighted by molar-refractivity contribution is -0.137. The molecule has 0 saturated carbocycles. The summed E-state index contributed by atoms with van der Waals surface area (Å²) in [6, 6.07) is 7.26. The Morgan fingerprint density at radius 3 is 2.60 bits per heavy atom. The number of hydrogen-bond donors (Lipinski definition) is 3. The molecule has 188 valence electrons. The van der Waals surface area contributed by atoms with E-state index in [1.807, 2.05) is 0 Å². The molecule has 1 saturated heterocycles. The third-order valence-corrected chi connectivity index (χ3v) is 7.62. The van der Waals surface area contributed by atoms with Crippen molar-refractivity contribution in [1.82, 2.24) is 9.88 Å². The van der Waals surface area contributed by atoms with Crippen molar-refractivity contribution in [1.29, 1.82) is 0 Å². The number of phenolic OH excluding ortho intramolecular Hbond substituents is 1. The molecule has 0 spiro atoms. The molecule has 10 heteroatoms. The van der Waals surface area contributed by atoms with Crippen LogP contribution in [0.5, 0.6) is 5.75 Å². The number of aromatic nitrogens is 1. The summed E-state index contributed by atoms with van der Waals surface area (Å²) >= 11 is 7.18. The van der Waals surface area contributed by atoms with Gasteiger partial charge >= 0.3 is 6.18 Å². The SMILES string of the molecule is O=c1[nH]c2ccc(C(F)(F)F)cc2c(-c2cc(Cl)ccc2O)c1SCC(O)CCCN1CCCC1. The number of fused-ring (bicyclic) bond motifs is 1. The number of phenols is 1. The minimum absolute atomic E-state index is 0.119. The zero-order valence-electron chi connectivity index (χ0n) is 18.9. The van der Waals surface area contributed by atoms with Gasteiger partial charge in [0.1, 0.15) is 5.75 Å². The molecule has 5 nitrogen and oxygen atoms in total. The number of likely N-dealkylation sites (tertiary alicyclic amines) is 1. The molecule has 0 aliphatic carbocycles. The van der Waals surface area contributed by atoms with E-state index >= 15 is 0 Å². The molecule has 1 aliphatic rings. The minimum atomic E-state index is -4.59. The Labute approximate surface area is 209 Å². The molecule has 1 fully saturated rings. The van der Waals surface area contributed by atoms with Crippen LogP contribution in [0.3, 0.4) is 0 Å². The molecule has 0 radical (unpaired) electrons. The number of nitrogens with one attached hydrogen (secondary N) is 1. The van der Waals surface area contributed by atoms with E-state index in [1.165, 1.54) is 37.1 Å². The van der Waals surface area contributed by atoms with Crippen LogP contribution < -0.4 is 5.56 Å². The van der Waals surface area contributed by atoms with Crippen molar-refractivity contribution in [3.63, 3.8) is 0 Å². The van der Waals surface area contributed by atoms with Crippen molar-refractivity contribution in [2.75, 3.05) is 25.4 Å². The maximum Gasteiger partial charge on any atom is 0.416 e. The van der Waals surface area contributed by atoms with Crippen LogP contribution in [0, 0.1) is 0 Å². The fourth-order valence-electron chi connectivity index (χ4n) is 4.38. The highest BCUT2D eigenvalue weighted by molar-refractivity contribution is 7.99. The van der Waals surface area contributed by atoms with Crippen LogP contribution in [-0.4, -0.2) is 51.6 Å². The topological polar surface area (TPSA) is 76.6 Å². The van der Waals surface area contributed by atoms with Gasteiger partial charge in [0.2, 0.25) is 0 Å². The molecule has 1 aromatic heterocycles. The smallest absolute Gasteiger partial charge is 0.416 e. The zero-order valence-corrected chi connectivity index (χ0v) is 20.4. The summed E-state index contributed by atoms with van der Waals surface area (Å²) in [5.74, 6) is -0.0336. The van der Waals surface area contributed by atoms with Crippen LogP contribution in [-0.2, 0) is 6.18 Å². The maximum atomic E-state index is 13.5. The number of thioether (sulfide) groups is 1. The number of aliphatic hydroxyl groups is 1. The van der Waals surface area contributed by atoms with E-state index in [1.54, 1.807) is 0 Å². The van der Waals surface area contributed by atoms with E-state index in [4.69, 9.17) is 11.6 Å². The number of hydrogen-bond acceptors (Lipinski definition) is 5. The zero-order chi connectivity index (χ0) is 25.2. The third kappa shape index (κ3) is 6.14. The van der Waals surface area contributed by atoms with Gasteiger partial charge < -0.3 is 20.1 Å². The normalized spacial score (nSPS) is 15.7. The van der Waals surface area contributed by atoms with E-state index in [-0.39, 0.29) is 43.5 Å². The van der Waals surface area contributed by atoms with Crippen molar-refractivity contribution in [3.05, 3.63) is 57.3 Å². The molecular formula is C25H26ClF3N2O3S. The van der Waals surface area contributed by atoms with Crippen molar-refractivity contribution < 1.29 is 23.4 Å². The van der Waals surface area contributed by atoms with Gasteiger partial charge in [-0.3, -0.25) is 4.79 Å². The fourth-order valence-corrected chi connectivity index (χ4v) is 5.63. The largest absolute Gasteiger partial charge is 0.507 e. The number of aliphatic hydroxyl groups excluding tert-OH is 1. The number of H-pyrrole nitrogens is 1. The van der Waals surface area contributed by atoms with Crippen molar-refractivity contribution in [3.8, 4) is 16.9 Å². The number of nitrogens with zero attached hydrogens (tertiary/aromatic N) is 1. The Hall–Kier alpha value is -2.20. The standard InChI is InChI=1S/C25H26ClF3N2O3S/c26-16-6-8-21(33)19(13-16)22-18-12-15(25(27,28)29)5-7-20(18)30-24(34)23(22)35-14-17(32)4-3-11-31-9-1-2-10-31/h5-8,12-13,17,32-33H,1-4,9-11,14H2,(H,30,34). The quantitative estimate of drug-likeness (QED) is 0.318. The summed E-state index contributed by atoms with van der Waals surface area (Å²) in [4.78, 5) is 18.1. The van der Waals surface area contributed by atoms with Crippen LogP contribution in [0.4, 0.5) is 13.2 Å². The van der Waals surface area contributed by atoms with E-state index in [2.05, 4.69) is 9.88 Å². The van der Waals surface area contributed by atoms with Gasteiger partial charge in [-0.05, 0) is 81.7 Å². The molecule has 3 N–H and O–H groups in total. The number of benzene rings is 2. The number of halogens is 4. The maximum absolute atomic E-state index is 13.5.